The van der Waals surface area contributed by atoms with E-state index in [1.165, 1.54) is 15.9 Å². The minimum absolute atomic E-state index is 0.167. The van der Waals surface area contributed by atoms with Crippen LogP contribution in [0.3, 0.4) is 0 Å². The standard InChI is InChI=1S/C19H15Cl2NO4S/c1-3-25-18(23)10-22-11(2)27-17(19(22)24)9-13-5-7-16(26-13)14-6-4-12(20)8-15(14)21/h4-9H,2-3,10H2,1H3/b17-9-. The fraction of sp³-hybridized carbons (Fsp3) is 0.158. The highest BCUT2D eigenvalue weighted by atomic mass is 35.5. The highest BCUT2D eigenvalue weighted by Gasteiger charge is 2.11. The highest BCUT2D eigenvalue weighted by Crippen LogP contribution is 2.31. The molecule has 0 bridgehead atoms. The Hall–Kier alpha value is -2.28. The average molecular weight is 424 g/mol. The zero-order valence-electron chi connectivity index (χ0n) is 14.3. The molecular formula is C19H15Cl2NO4S. The van der Waals surface area contributed by atoms with Crippen molar-refractivity contribution in [3.8, 4) is 11.3 Å². The highest BCUT2D eigenvalue weighted by molar-refractivity contribution is 7.07. The van der Waals surface area contributed by atoms with Crippen molar-refractivity contribution in [1.82, 2.24) is 4.57 Å². The van der Waals surface area contributed by atoms with Crippen LogP contribution in [0.4, 0.5) is 0 Å². The van der Waals surface area contributed by atoms with Gasteiger partial charge in [-0.3, -0.25) is 14.2 Å². The van der Waals surface area contributed by atoms with Crippen LogP contribution in [0.2, 0.25) is 10.0 Å². The summed E-state index contributed by atoms with van der Waals surface area (Å²) in [6, 6.07) is 8.61. The van der Waals surface area contributed by atoms with Gasteiger partial charge in [0.2, 0.25) is 0 Å². The van der Waals surface area contributed by atoms with Gasteiger partial charge < -0.3 is 9.15 Å². The quantitative estimate of drug-likeness (QED) is 0.590. The van der Waals surface area contributed by atoms with Gasteiger partial charge in [-0.05, 0) is 37.3 Å². The smallest absolute Gasteiger partial charge is 0.326 e. The second-order valence-corrected chi connectivity index (χ2v) is 7.49. The molecule has 0 saturated heterocycles. The third-order valence-electron chi connectivity index (χ3n) is 3.67. The molecule has 0 aliphatic rings. The number of aromatic nitrogens is 1. The van der Waals surface area contributed by atoms with Crippen LogP contribution in [0.1, 0.15) is 12.7 Å². The molecule has 3 rings (SSSR count). The van der Waals surface area contributed by atoms with Crippen LogP contribution in [0, 0.1) is 0 Å². The molecular weight excluding hydrogens is 409 g/mol. The number of esters is 1. The molecule has 0 spiro atoms. The number of benzene rings is 1. The lowest BCUT2D eigenvalue weighted by Crippen LogP contribution is -2.34. The number of carbonyl (C=O) groups is 1. The third-order valence-corrected chi connectivity index (χ3v) is 5.19. The predicted molar refractivity (Wildman–Crippen MR) is 108 cm³/mol. The topological polar surface area (TPSA) is 61.4 Å². The van der Waals surface area contributed by atoms with Gasteiger partial charge in [-0.1, -0.05) is 29.8 Å². The molecule has 0 amide bonds. The van der Waals surface area contributed by atoms with E-state index in [2.05, 4.69) is 6.58 Å². The summed E-state index contributed by atoms with van der Waals surface area (Å²) in [6.07, 6.45) is 1.61. The molecule has 2 aromatic heterocycles. The van der Waals surface area contributed by atoms with Crippen molar-refractivity contribution in [3.63, 3.8) is 0 Å². The van der Waals surface area contributed by atoms with E-state index in [0.29, 0.717) is 36.3 Å². The predicted octanol–water partition coefficient (Wildman–Crippen LogP) is 3.28. The van der Waals surface area contributed by atoms with Gasteiger partial charge in [-0.2, -0.15) is 0 Å². The van der Waals surface area contributed by atoms with E-state index in [1.807, 2.05) is 0 Å². The van der Waals surface area contributed by atoms with E-state index in [0.717, 1.165) is 0 Å². The van der Waals surface area contributed by atoms with Gasteiger partial charge in [0.15, 0.2) is 0 Å². The SMILES string of the molecule is C=c1s/c(=C\c2ccc(-c3ccc(Cl)cc3Cl)o2)c(=O)n1CC(=O)OCC. The van der Waals surface area contributed by atoms with Crippen molar-refractivity contribution in [1.29, 1.82) is 0 Å². The number of furan rings is 1. The van der Waals surface area contributed by atoms with Crippen LogP contribution in [0.15, 0.2) is 39.5 Å². The number of rotatable bonds is 5. The first-order valence-corrected chi connectivity index (χ1v) is 9.57. The van der Waals surface area contributed by atoms with Crippen LogP contribution in [-0.4, -0.2) is 17.1 Å². The molecule has 140 valence electrons. The summed E-state index contributed by atoms with van der Waals surface area (Å²) in [5.41, 5.74) is 0.380. The molecule has 0 aliphatic heterocycles. The van der Waals surface area contributed by atoms with E-state index >= 15 is 0 Å². The zero-order chi connectivity index (χ0) is 19.6. The van der Waals surface area contributed by atoms with Gasteiger partial charge in [0, 0.05) is 16.7 Å². The molecule has 5 nitrogen and oxygen atoms in total. The molecule has 8 heteroatoms. The molecule has 27 heavy (non-hydrogen) atoms. The van der Waals surface area contributed by atoms with Crippen molar-refractivity contribution in [2.75, 3.05) is 6.61 Å². The molecule has 0 N–H and O–H groups in total. The van der Waals surface area contributed by atoms with Crippen molar-refractivity contribution in [2.24, 2.45) is 0 Å². The van der Waals surface area contributed by atoms with Crippen LogP contribution >= 0.6 is 34.5 Å². The summed E-state index contributed by atoms with van der Waals surface area (Å²) in [5.74, 6) is 0.560. The minimum Gasteiger partial charge on any atom is -0.465 e. The molecule has 0 radical (unpaired) electrons. The van der Waals surface area contributed by atoms with E-state index in [1.54, 1.807) is 43.3 Å². The number of nitrogens with zero attached hydrogens (tertiary/aromatic N) is 1. The van der Waals surface area contributed by atoms with Gasteiger partial charge in [0.05, 0.1) is 20.8 Å². The average Bonchev–Trinajstić information content (AvgIpc) is 3.16. The fourth-order valence-electron chi connectivity index (χ4n) is 2.45. The zero-order valence-corrected chi connectivity index (χ0v) is 16.7. The van der Waals surface area contributed by atoms with Crippen LogP contribution < -0.4 is 14.8 Å². The number of thiazole rings is 1. The first-order valence-electron chi connectivity index (χ1n) is 8.00. The Bertz CT molecular complexity index is 1160. The largest absolute Gasteiger partial charge is 0.465 e. The Labute approximate surface area is 168 Å². The Kier molecular flexibility index (Phi) is 5.89. The van der Waals surface area contributed by atoms with Crippen molar-refractivity contribution >= 4 is 53.2 Å². The molecule has 3 aromatic rings. The van der Waals surface area contributed by atoms with Crippen molar-refractivity contribution in [3.05, 3.63) is 65.7 Å². The van der Waals surface area contributed by atoms with Gasteiger partial charge in [-0.15, -0.1) is 11.3 Å². The Balaban J connectivity index is 1.94. The molecule has 2 heterocycles. The molecule has 0 fully saturated rings. The molecule has 0 atom stereocenters. The number of carbonyl (C=O) groups excluding carboxylic acids is 1. The van der Waals surface area contributed by atoms with E-state index in [-0.39, 0.29) is 18.7 Å². The third kappa shape index (κ3) is 4.35. The molecule has 1 aromatic carbocycles. The number of ether oxygens (including phenoxy) is 1. The number of halogens is 2. The molecule has 0 aliphatic carbocycles. The summed E-state index contributed by atoms with van der Waals surface area (Å²) >= 11 is 13.3. The molecule has 0 saturated carbocycles. The number of hydrogen-bond acceptors (Lipinski definition) is 5. The maximum absolute atomic E-state index is 12.5. The maximum Gasteiger partial charge on any atom is 0.326 e. The second kappa shape index (κ2) is 8.17. The van der Waals surface area contributed by atoms with E-state index < -0.39 is 5.97 Å². The Morgan fingerprint density at radius 1 is 1.33 bits per heavy atom. The molecule has 0 unspecified atom stereocenters. The first-order chi connectivity index (χ1) is 12.9. The maximum atomic E-state index is 12.5. The minimum atomic E-state index is -0.480. The lowest BCUT2D eigenvalue weighted by Gasteiger charge is -2.01. The second-order valence-electron chi connectivity index (χ2n) is 5.53. The lowest BCUT2D eigenvalue weighted by atomic mass is 10.2. The summed E-state index contributed by atoms with van der Waals surface area (Å²) in [7, 11) is 0. The summed E-state index contributed by atoms with van der Waals surface area (Å²) in [4.78, 5) is 24.2. The lowest BCUT2D eigenvalue weighted by molar-refractivity contribution is -0.143. The van der Waals surface area contributed by atoms with Crippen LogP contribution in [-0.2, 0) is 16.1 Å². The van der Waals surface area contributed by atoms with Gasteiger partial charge in [-0.25, -0.2) is 0 Å². The van der Waals surface area contributed by atoms with E-state index in [4.69, 9.17) is 32.4 Å². The summed E-state index contributed by atoms with van der Waals surface area (Å²) < 4.78 is 12.8. The normalized spacial score (nSPS) is 11.7. The van der Waals surface area contributed by atoms with Gasteiger partial charge >= 0.3 is 5.97 Å². The van der Waals surface area contributed by atoms with Gasteiger partial charge in [0.25, 0.3) is 5.56 Å². The first kappa shape index (κ1) is 19.5. The van der Waals surface area contributed by atoms with Crippen molar-refractivity contribution in [2.45, 2.75) is 13.5 Å². The van der Waals surface area contributed by atoms with Crippen LogP contribution in [0.25, 0.3) is 24.0 Å². The number of hydrogen-bond donors (Lipinski definition) is 0. The Morgan fingerprint density at radius 2 is 2.11 bits per heavy atom. The fourth-order valence-corrected chi connectivity index (χ4v) is 3.84. The summed E-state index contributed by atoms with van der Waals surface area (Å²) in [6.45, 7) is 5.62. The monoisotopic (exact) mass is 423 g/mol. The van der Waals surface area contributed by atoms with Gasteiger partial charge in [0.1, 0.15) is 18.1 Å². The van der Waals surface area contributed by atoms with Crippen LogP contribution in [0.5, 0.6) is 0 Å². The van der Waals surface area contributed by atoms with E-state index in [9.17, 15) is 9.59 Å². The van der Waals surface area contributed by atoms with Crippen molar-refractivity contribution < 1.29 is 13.9 Å². The Morgan fingerprint density at radius 3 is 2.81 bits per heavy atom. The summed E-state index contributed by atoms with van der Waals surface area (Å²) in [5, 5.41) is 1.00.